The zero-order chi connectivity index (χ0) is 27.2. The third kappa shape index (κ3) is 5.99. The summed E-state index contributed by atoms with van der Waals surface area (Å²) in [4.78, 5) is 32.8. The second-order valence-corrected chi connectivity index (χ2v) is 9.36. The van der Waals surface area contributed by atoms with Gasteiger partial charge in [0.05, 0.1) is 26.5 Å². The van der Waals surface area contributed by atoms with Crippen LogP contribution in [-0.2, 0) is 11.3 Å². The van der Waals surface area contributed by atoms with Gasteiger partial charge in [-0.05, 0) is 56.3 Å². The second-order valence-electron chi connectivity index (χ2n) is 9.36. The van der Waals surface area contributed by atoms with Crippen LogP contribution in [0.25, 0.3) is 11.4 Å². The lowest BCUT2D eigenvalue weighted by Crippen LogP contribution is -2.38. The van der Waals surface area contributed by atoms with Gasteiger partial charge in [-0.3, -0.25) is 14.5 Å². The number of likely N-dealkylation sites (tertiary alicyclic amines) is 1. The lowest BCUT2D eigenvalue weighted by Gasteiger charge is -2.30. The van der Waals surface area contributed by atoms with E-state index < -0.39 is 0 Å². The summed E-state index contributed by atoms with van der Waals surface area (Å²) in [6.07, 6.45) is 1.38. The molecule has 39 heavy (non-hydrogen) atoms. The van der Waals surface area contributed by atoms with E-state index in [0.29, 0.717) is 59.4 Å². The van der Waals surface area contributed by atoms with Crippen molar-refractivity contribution in [1.82, 2.24) is 15.0 Å². The number of piperidine rings is 1. The van der Waals surface area contributed by atoms with Gasteiger partial charge in [-0.2, -0.15) is 4.98 Å². The molecule has 9 nitrogen and oxygen atoms in total. The van der Waals surface area contributed by atoms with E-state index in [1.165, 1.54) is 0 Å². The van der Waals surface area contributed by atoms with Crippen LogP contribution < -0.4 is 14.8 Å². The normalized spacial score (nSPS) is 14.1. The molecule has 1 aliphatic rings. The van der Waals surface area contributed by atoms with Crippen LogP contribution in [0.4, 0.5) is 5.69 Å². The van der Waals surface area contributed by atoms with E-state index in [0.717, 1.165) is 18.7 Å². The molecular weight excluding hydrogens is 496 g/mol. The van der Waals surface area contributed by atoms with Gasteiger partial charge in [0.15, 0.2) is 17.3 Å². The fourth-order valence-corrected chi connectivity index (χ4v) is 4.73. The highest BCUT2D eigenvalue weighted by atomic mass is 16.5. The van der Waals surface area contributed by atoms with Gasteiger partial charge < -0.3 is 19.3 Å². The average molecular weight is 527 g/mol. The number of benzene rings is 3. The van der Waals surface area contributed by atoms with Gasteiger partial charge in [-0.25, -0.2) is 0 Å². The molecule has 0 atom stereocenters. The molecule has 1 fully saturated rings. The van der Waals surface area contributed by atoms with Crippen LogP contribution in [0, 0.1) is 5.92 Å². The molecule has 1 amide bonds. The Hall–Kier alpha value is -4.50. The van der Waals surface area contributed by atoms with Crippen molar-refractivity contribution in [3.63, 3.8) is 0 Å². The first-order chi connectivity index (χ1) is 19.1. The number of hydrogen-bond acceptors (Lipinski definition) is 8. The van der Waals surface area contributed by atoms with Gasteiger partial charge in [-0.1, -0.05) is 47.6 Å². The average Bonchev–Trinajstić information content (AvgIpc) is 3.46. The fourth-order valence-electron chi connectivity index (χ4n) is 4.73. The topological polar surface area (TPSA) is 107 Å². The van der Waals surface area contributed by atoms with Crippen LogP contribution in [0.3, 0.4) is 0 Å². The van der Waals surface area contributed by atoms with Crippen LogP contribution in [0.15, 0.2) is 77.3 Å². The lowest BCUT2D eigenvalue weighted by atomic mass is 9.95. The van der Waals surface area contributed by atoms with E-state index in [9.17, 15) is 9.59 Å². The van der Waals surface area contributed by atoms with Crippen molar-refractivity contribution in [3.8, 4) is 22.9 Å². The molecule has 0 unspecified atom stereocenters. The molecule has 1 aliphatic heterocycles. The van der Waals surface area contributed by atoms with E-state index in [2.05, 4.69) is 20.4 Å². The molecule has 1 saturated heterocycles. The molecule has 4 aromatic rings. The van der Waals surface area contributed by atoms with E-state index in [4.69, 9.17) is 14.0 Å². The Morgan fingerprint density at radius 2 is 1.67 bits per heavy atom. The summed E-state index contributed by atoms with van der Waals surface area (Å²) in [6, 6.07) is 21.7. The number of ketones is 1. The van der Waals surface area contributed by atoms with Crippen molar-refractivity contribution in [3.05, 3.63) is 89.8 Å². The summed E-state index contributed by atoms with van der Waals surface area (Å²) >= 11 is 0. The summed E-state index contributed by atoms with van der Waals surface area (Å²) in [6.45, 7) is 1.94. The van der Waals surface area contributed by atoms with Crippen molar-refractivity contribution >= 4 is 17.4 Å². The first kappa shape index (κ1) is 26.1. The summed E-state index contributed by atoms with van der Waals surface area (Å²) in [5.41, 5.74) is 2.37. The number of carbonyl (C=O) groups excluding carboxylic acids is 2. The second kappa shape index (κ2) is 11.9. The third-order valence-electron chi connectivity index (χ3n) is 6.89. The maximum Gasteiger partial charge on any atom is 0.241 e. The summed E-state index contributed by atoms with van der Waals surface area (Å²) < 4.78 is 16.1. The lowest BCUT2D eigenvalue weighted by molar-refractivity contribution is -0.121. The van der Waals surface area contributed by atoms with Gasteiger partial charge >= 0.3 is 0 Å². The highest BCUT2D eigenvalue weighted by Crippen LogP contribution is 2.31. The minimum absolute atomic E-state index is 0.0727. The molecule has 3 aromatic carbocycles. The number of aromatic nitrogens is 2. The van der Waals surface area contributed by atoms with E-state index >= 15 is 0 Å². The molecule has 0 spiro atoms. The Bertz CT molecular complexity index is 1440. The number of nitrogens with zero attached hydrogens (tertiary/aromatic N) is 3. The standard InChI is InChI=1S/C30H30N4O5/c1-37-25-13-12-22(18-26(25)38-2)29-32-27(39-33-29)19-34-16-14-21(15-17-34)30(36)31-24-11-7-6-10-23(24)28(35)20-8-4-3-5-9-20/h3-13,18,21H,14-17,19H2,1-2H3,(H,31,36). The molecule has 0 saturated carbocycles. The highest BCUT2D eigenvalue weighted by molar-refractivity contribution is 6.13. The molecular formula is C30H30N4O5. The van der Waals surface area contributed by atoms with Gasteiger partial charge in [0.2, 0.25) is 17.6 Å². The predicted octanol–water partition coefficient (Wildman–Crippen LogP) is 4.84. The molecule has 1 aromatic heterocycles. The number of rotatable bonds is 9. The first-order valence-corrected chi connectivity index (χ1v) is 12.8. The number of methoxy groups -OCH3 is 2. The smallest absolute Gasteiger partial charge is 0.241 e. The quantitative estimate of drug-likeness (QED) is 0.309. The van der Waals surface area contributed by atoms with Gasteiger partial charge in [-0.15, -0.1) is 0 Å². The maximum atomic E-state index is 13.1. The molecule has 9 heteroatoms. The number of para-hydroxylation sites is 1. The van der Waals surface area contributed by atoms with Crippen LogP contribution in [0.5, 0.6) is 11.5 Å². The minimum Gasteiger partial charge on any atom is -0.493 e. The molecule has 5 rings (SSSR count). The number of amides is 1. The van der Waals surface area contributed by atoms with Crippen LogP contribution in [0.2, 0.25) is 0 Å². The van der Waals surface area contributed by atoms with Crippen LogP contribution in [0.1, 0.15) is 34.7 Å². The first-order valence-electron chi connectivity index (χ1n) is 12.8. The van der Waals surface area contributed by atoms with Gasteiger partial charge in [0.1, 0.15) is 0 Å². The largest absolute Gasteiger partial charge is 0.493 e. The minimum atomic E-state index is -0.147. The van der Waals surface area contributed by atoms with Crippen LogP contribution in [-0.4, -0.2) is 54.0 Å². The van der Waals surface area contributed by atoms with E-state index in [1.807, 2.05) is 36.4 Å². The Kier molecular flexibility index (Phi) is 7.98. The van der Waals surface area contributed by atoms with Crippen molar-refractivity contribution in [2.45, 2.75) is 19.4 Å². The Morgan fingerprint density at radius 1 is 0.949 bits per heavy atom. The van der Waals surface area contributed by atoms with Gasteiger partial charge in [0.25, 0.3) is 0 Å². The molecule has 1 N–H and O–H groups in total. The van der Waals surface area contributed by atoms with Crippen molar-refractivity contribution in [1.29, 1.82) is 0 Å². The number of nitrogens with one attached hydrogen (secondary N) is 1. The zero-order valence-corrected chi connectivity index (χ0v) is 21.9. The number of ether oxygens (including phenoxy) is 2. The fraction of sp³-hybridized carbons (Fsp3) is 0.267. The van der Waals surface area contributed by atoms with Gasteiger partial charge in [0, 0.05) is 22.6 Å². The summed E-state index contributed by atoms with van der Waals surface area (Å²) in [5.74, 6) is 1.87. The van der Waals surface area contributed by atoms with E-state index in [-0.39, 0.29) is 17.6 Å². The molecule has 0 bridgehead atoms. The SMILES string of the molecule is COc1ccc(-c2noc(CN3CCC(C(=O)Nc4ccccc4C(=O)c4ccccc4)CC3)n2)cc1OC. The predicted molar refractivity (Wildman–Crippen MR) is 146 cm³/mol. The van der Waals surface area contributed by atoms with Crippen molar-refractivity contribution in [2.75, 3.05) is 32.6 Å². The highest BCUT2D eigenvalue weighted by Gasteiger charge is 2.27. The van der Waals surface area contributed by atoms with Crippen molar-refractivity contribution in [2.24, 2.45) is 5.92 Å². The maximum absolute atomic E-state index is 13.1. The monoisotopic (exact) mass is 526 g/mol. The summed E-state index contributed by atoms with van der Waals surface area (Å²) in [5, 5.41) is 7.11. The molecule has 200 valence electrons. The molecule has 2 heterocycles. The number of carbonyl (C=O) groups is 2. The number of hydrogen-bond donors (Lipinski definition) is 1. The Balaban J connectivity index is 1.17. The van der Waals surface area contributed by atoms with E-state index in [1.54, 1.807) is 50.6 Å². The Morgan fingerprint density at radius 3 is 2.41 bits per heavy atom. The van der Waals surface area contributed by atoms with Crippen LogP contribution >= 0.6 is 0 Å². The zero-order valence-electron chi connectivity index (χ0n) is 21.9. The molecule has 0 aliphatic carbocycles. The molecule has 0 radical (unpaired) electrons. The number of anilines is 1. The third-order valence-corrected chi connectivity index (χ3v) is 6.89. The van der Waals surface area contributed by atoms with Crippen molar-refractivity contribution < 1.29 is 23.6 Å². The Labute approximate surface area is 226 Å². The summed E-state index contributed by atoms with van der Waals surface area (Å²) in [7, 11) is 3.17.